The molecular formula is C10H13NO4. The van der Waals surface area contributed by atoms with Crippen LogP contribution in [0.1, 0.15) is 5.76 Å². The summed E-state index contributed by atoms with van der Waals surface area (Å²) in [6.07, 6.45) is 0.901. The van der Waals surface area contributed by atoms with Gasteiger partial charge in [-0.1, -0.05) is 0 Å². The van der Waals surface area contributed by atoms with Crippen molar-refractivity contribution in [3.63, 3.8) is 0 Å². The Morgan fingerprint density at radius 1 is 1.67 bits per heavy atom. The molecule has 2 rings (SSSR count). The molecular weight excluding hydrogens is 198 g/mol. The van der Waals surface area contributed by atoms with E-state index < -0.39 is 12.1 Å². The minimum atomic E-state index is -0.904. The van der Waals surface area contributed by atoms with Crippen molar-refractivity contribution in [2.45, 2.75) is 12.6 Å². The van der Waals surface area contributed by atoms with Crippen molar-refractivity contribution < 1.29 is 19.1 Å². The molecule has 1 N–H and O–H groups in total. The largest absolute Gasteiger partial charge is 0.479 e. The second-order valence-corrected chi connectivity index (χ2v) is 3.51. The van der Waals surface area contributed by atoms with E-state index in [0.29, 0.717) is 19.7 Å². The van der Waals surface area contributed by atoms with Gasteiger partial charge in [-0.05, 0) is 12.1 Å². The van der Waals surface area contributed by atoms with Crippen LogP contribution in [0.25, 0.3) is 0 Å². The van der Waals surface area contributed by atoms with Gasteiger partial charge in [0.1, 0.15) is 5.76 Å². The first-order chi connectivity index (χ1) is 7.25. The molecule has 0 spiro atoms. The van der Waals surface area contributed by atoms with Crippen molar-refractivity contribution in [3.8, 4) is 0 Å². The van der Waals surface area contributed by atoms with Gasteiger partial charge in [0, 0.05) is 13.1 Å². The molecule has 0 bridgehead atoms. The molecule has 0 amide bonds. The molecule has 1 atom stereocenters. The van der Waals surface area contributed by atoms with Crippen molar-refractivity contribution in [2.75, 3.05) is 19.7 Å². The molecule has 1 aliphatic heterocycles. The Kier molecular flexibility index (Phi) is 3.03. The number of aliphatic carboxylic acids is 1. The Balaban J connectivity index is 1.90. The van der Waals surface area contributed by atoms with E-state index in [1.165, 1.54) is 0 Å². The fourth-order valence-corrected chi connectivity index (χ4v) is 1.62. The maximum absolute atomic E-state index is 10.7. The van der Waals surface area contributed by atoms with E-state index >= 15 is 0 Å². The number of nitrogens with zero attached hydrogens (tertiary/aromatic N) is 1. The fraction of sp³-hybridized carbons (Fsp3) is 0.500. The van der Waals surface area contributed by atoms with E-state index in [4.69, 9.17) is 14.3 Å². The van der Waals surface area contributed by atoms with E-state index in [1.54, 1.807) is 6.26 Å². The first-order valence-electron chi connectivity index (χ1n) is 4.85. The normalized spacial score (nSPS) is 22.8. The second kappa shape index (κ2) is 4.46. The summed E-state index contributed by atoms with van der Waals surface area (Å²) < 4.78 is 10.3. The zero-order chi connectivity index (χ0) is 10.7. The quantitative estimate of drug-likeness (QED) is 0.791. The predicted molar refractivity (Wildman–Crippen MR) is 51.4 cm³/mol. The highest BCUT2D eigenvalue weighted by Crippen LogP contribution is 2.10. The van der Waals surface area contributed by atoms with Crippen molar-refractivity contribution in [1.82, 2.24) is 4.90 Å². The molecule has 1 aromatic heterocycles. The molecule has 82 valence electrons. The van der Waals surface area contributed by atoms with Crippen LogP contribution in [0.4, 0.5) is 0 Å². The average Bonchev–Trinajstić information content (AvgIpc) is 2.71. The lowest BCUT2D eigenvalue weighted by atomic mass is 10.2. The standard InChI is InChI=1S/C10H13NO4/c12-10(13)9-7-11(3-5-15-9)6-8-2-1-4-14-8/h1-2,4,9H,3,5-7H2,(H,12,13). The van der Waals surface area contributed by atoms with Crippen LogP contribution < -0.4 is 0 Å². The van der Waals surface area contributed by atoms with Crippen LogP contribution in [-0.2, 0) is 16.1 Å². The third-order valence-electron chi connectivity index (χ3n) is 2.39. The molecule has 2 heterocycles. The van der Waals surface area contributed by atoms with Gasteiger partial charge in [-0.25, -0.2) is 4.79 Å². The summed E-state index contributed by atoms with van der Waals surface area (Å²) >= 11 is 0. The smallest absolute Gasteiger partial charge is 0.334 e. The molecule has 0 aliphatic carbocycles. The van der Waals surface area contributed by atoms with Gasteiger partial charge in [-0.3, -0.25) is 4.90 Å². The predicted octanol–water partition coefficient (Wildman–Crippen LogP) is 0.565. The Hall–Kier alpha value is -1.33. The van der Waals surface area contributed by atoms with E-state index in [9.17, 15) is 4.79 Å². The van der Waals surface area contributed by atoms with E-state index in [0.717, 1.165) is 12.3 Å². The van der Waals surface area contributed by atoms with E-state index in [2.05, 4.69) is 0 Å². The van der Waals surface area contributed by atoms with Crippen molar-refractivity contribution in [3.05, 3.63) is 24.2 Å². The molecule has 1 saturated heterocycles. The average molecular weight is 211 g/mol. The summed E-state index contributed by atoms with van der Waals surface area (Å²) in [6.45, 7) is 2.25. The summed E-state index contributed by atoms with van der Waals surface area (Å²) in [4.78, 5) is 12.7. The van der Waals surface area contributed by atoms with Gasteiger partial charge < -0.3 is 14.3 Å². The number of ether oxygens (including phenoxy) is 1. The van der Waals surface area contributed by atoms with Crippen LogP contribution in [-0.4, -0.2) is 41.8 Å². The molecule has 0 aromatic carbocycles. The molecule has 1 aromatic rings. The summed E-state index contributed by atoms with van der Waals surface area (Å²) in [6, 6.07) is 3.70. The van der Waals surface area contributed by atoms with Crippen LogP contribution in [0.2, 0.25) is 0 Å². The minimum Gasteiger partial charge on any atom is -0.479 e. The molecule has 0 radical (unpaired) electrons. The van der Waals surface area contributed by atoms with Crippen molar-refractivity contribution in [1.29, 1.82) is 0 Å². The molecule has 5 heteroatoms. The molecule has 1 fully saturated rings. The highest BCUT2D eigenvalue weighted by Gasteiger charge is 2.26. The molecule has 0 saturated carbocycles. The third kappa shape index (κ3) is 2.57. The van der Waals surface area contributed by atoms with Crippen LogP contribution in [0, 0.1) is 0 Å². The van der Waals surface area contributed by atoms with Crippen LogP contribution in [0.15, 0.2) is 22.8 Å². The Labute approximate surface area is 87.2 Å². The SMILES string of the molecule is O=C(O)C1CN(Cc2ccco2)CCO1. The second-order valence-electron chi connectivity index (χ2n) is 3.51. The summed E-state index contributed by atoms with van der Waals surface area (Å²) in [7, 11) is 0. The van der Waals surface area contributed by atoms with Crippen molar-refractivity contribution in [2.24, 2.45) is 0 Å². The monoisotopic (exact) mass is 211 g/mol. The maximum Gasteiger partial charge on any atom is 0.334 e. The highest BCUT2D eigenvalue weighted by atomic mass is 16.5. The molecule has 5 nitrogen and oxygen atoms in total. The van der Waals surface area contributed by atoms with E-state index in [-0.39, 0.29) is 0 Å². The van der Waals surface area contributed by atoms with Crippen LogP contribution in [0.3, 0.4) is 0 Å². The molecule has 1 aliphatic rings. The van der Waals surface area contributed by atoms with Crippen LogP contribution in [0.5, 0.6) is 0 Å². The fourth-order valence-electron chi connectivity index (χ4n) is 1.62. The van der Waals surface area contributed by atoms with Crippen molar-refractivity contribution >= 4 is 5.97 Å². The van der Waals surface area contributed by atoms with Gasteiger partial charge in [0.2, 0.25) is 0 Å². The van der Waals surface area contributed by atoms with Gasteiger partial charge >= 0.3 is 5.97 Å². The minimum absolute atomic E-state index is 0.413. The van der Waals surface area contributed by atoms with Gasteiger partial charge in [0.05, 0.1) is 19.4 Å². The summed E-state index contributed by atoms with van der Waals surface area (Å²) in [5.41, 5.74) is 0. The Bertz CT molecular complexity index is 322. The van der Waals surface area contributed by atoms with Gasteiger partial charge in [0.25, 0.3) is 0 Å². The number of hydrogen-bond acceptors (Lipinski definition) is 4. The lowest BCUT2D eigenvalue weighted by molar-refractivity contribution is -0.156. The summed E-state index contributed by atoms with van der Waals surface area (Å²) in [5.74, 6) is -0.0554. The maximum atomic E-state index is 10.7. The van der Waals surface area contributed by atoms with Crippen LogP contribution >= 0.6 is 0 Å². The number of carboxylic acid groups (broad SMARTS) is 1. The lowest BCUT2D eigenvalue weighted by Gasteiger charge is -2.29. The van der Waals surface area contributed by atoms with Gasteiger partial charge in [-0.15, -0.1) is 0 Å². The number of furan rings is 1. The first kappa shape index (κ1) is 10.2. The number of hydrogen-bond donors (Lipinski definition) is 1. The lowest BCUT2D eigenvalue weighted by Crippen LogP contribution is -2.45. The van der Waals surface area contributed by atoms with Gasteiger partial charge in [0.15, 0.2) is 6.10 Å². The number of carbonyl (C=O) groups is 1. The molecule has 1 unspecified atom stereocenters. The number of rotatable bonds is 3. The molecule has 15 heavy (non-hydrogen) atoms. The van der Waals surface area contributed by atoms with E-state index in [1.807, 2.05) is 17.0 Å². The number of carboxylic acids is 1. The first-order valence-corrected chi connectivity index (χ1v) is 4.85. The highest BCUT2D eigenvalue weighted by molar-refractivity contribution is 5.72. The Morgan fingerprint density at radius 2 is 2.53 bits per heavy atom. The zero-order valence-corrected chi connectivity index (χ0v) is 8.26. The third-order valence-corrected chi connectivity index (χ3v) is 2.39. The summed E-state index contributed by atoms with van der Waals surface area (Å²) in [5, 5.41) is 8.81. The van der Waals surface area contributed by atoms with Gasteiger partial charge in [-0.2, -0.15) is 0 Å². The topological polar surface area (TPSA) is 62.9 Å². The zero-order valence-electron chi connectivity index (χ0n) is 8.26. The Morgan fingerprint density at radius 3 is 3.20 bits per heavy atom. The number of morpholine rings is 1.